The number of rotatable bonds is 3. The van der Waals surface area contributed by atoms with Crippen molar-refractivity contribution in [3.8, 4) is 0 Å². The van der Waals surface area contributed by atoms with E-state index in [1.165, 1.54) is 55.9 Å². The van der Waals surface area contributed by atoms with Crippen molar-refractivity contribution in [1.29, 1.82) is 0 Å². The van der Waals surface area contributed by atoms with Gasteiger partial charge in [-0.3, -0.25) is 28.3 Å². The molecule has 5 rings (SSSR count). The molecule has 2 aliphatic rings. The van der Waals surface area contributed by atoms with Crippen molar-refractivity contribution in [3.63, 3.8) is 0 Å². The van der Waals surface area contributed by atoms with Gasteiger partial charge in [-0.25, -0.2) is 0 Å². The number of aromatic nitrogens is 2. The Morgan fingerprint density at radius 1 is 0.677 bits per heavy atom. The SMILES string of the molecule is CC1CCC(CC2CCC(n3c(=O)c4cc5c(=O)n(C)c(=O)c5cc4c3=O)CC2)CC1. The van der Waals surface area contributed by atoms with Crippen LogP contribution in [-0.2, 0) is 7.05 Å². The number of hydrogen-bond acceptors (Lipinski definition) is 4. The van der Waals surface area contributed by atoms with E-state index < -0.39 is 11.1 Å². The van der Waals surface area contributed by atoms with Crippen LogP contribution in [0.25, 0.3) is 21.5 Å². The molecule has 2 aliphatic carbocycles. The summed E-state index contributed by atoms with van der Waals surface area (Å²) < 4.78 is 2.43. The van der Waals surface area contributed by atoms with E-state index in [0.29, 0.717) is 5.92 Å². The molecule has 0 aliphatic heterocycles. The molecule has 0 spiro atoms. The largest absolute Gasteiger partial charge is 0.277 e. The summed E-state index contributed by atoms with van der Waals surface area (Å²) in [5.41, 5.74) is -1.47. The first-order chi connectivity index (χ1) is 14.8. The summed E-state index contributed by atoms with van der Waals surface area (Å²) in [6.07, 6.45) is 10.5. The molecule has 3 aromatic rings. The Balaban J connectivity index is 1.40. The van der Waals surface area contributed by atoms with E-state index in [0.717, 1.165) is 42.1 Å². The minimum atomic E-state index is -0.417. The summed E-state index contributed by atoms with van der Waals surface area (Å²) in [7, 11) is 1.41. The van der Waals surface area contributed by atoms with Gasteiger partial charge < -0.3 is 0 Å². The van der Waals surface area contributed by atoms with Crippen LogP contribution in [0, 0.1) is 17.8 Å². The molecule has 0 atom stereocenters. The number of hydrogen-bond donors (Lipinski definition) is 0. The van der Waals surface area contributed by atoms with Gasteiger partial charge in [0.2, 0.25) is 0 Å². The van der Waals surface area contributed by atoms with Gasteiger partial charge in [-0.1, -0.05) is 32.6 Å². The van der Waals surface area contributed by atoms with Gasteiger partial charge in [-0.15, -0.1) is 0 Å². The molecule has 2 fully saturated rings. The highest BCUT2D eigenvalue weighted by Crippen LogP contribution is 2.39. The highest BCUT2D eigenvalue weighted by molar-refractivity contribution is 5.97. The van der Waals surface area contributed by atoms with Gasteiger partial charge in [-0.05, 0) is 62.0 Å². The van der Waals surface area contributed by atoms with Crippen LogP contribution in [0.15, 0.2) is 31.3 Å². The minimum absolute atomic E-state index is 0.0843. The Labute approximate surface area is 180 Å². The van der Waals surface area contributed by atoms with Crippen molar-refractivity contribution in [2.45, 2.75) is 70.8 Å². The van der Waals surface area contributed by atoms with E-state index in [1.807, 2.05) is 0 Å². The van der Waals surface area contributed by atoms with Crippen molar-refractivity contribution in [1.82, 2.24) is 9.13 Å². The molecule has 0 radical (unpaired) electrons. The second-order valence-electron chi connectivity index (χ2n) is 10.1. The van der Waals surface area contributed by atoms with Crippen LogP contribution >= 0.6 is 0 Å². The van der Waals surface area contributed by atoms with Crippen LogP contribution in [0.1, 0.15) is 70.8 Å². The predicted octanol–water partition coefficient (Wildman–Crippen LogP) is 3.40. The molecule has 2 saturated carbocycles. The van der Waals surface area contributed by atoms with Crippen LogP contribution in [0.5, 0.6) is 0 Å². The van der Waals surface area contributed by atoms with Gasteiger partial charge in [0.15, 0.2) is 0 Å². The number of benzene rings is 1. The Kier molecular flexibility index (Phi) is 4.98. The average molecular weight is 423 g/mol. The standard InChI is InChI=1S/C25H30N2O4/c1-14-3-5-15(6-4-14)11-16-7-9-17(10-8-16)27-24(30)20-12-18-19(13-21(20)25(27)31)23(29)26(2)22(18)28/h12-17H,3-11H2,1-2H3. The van der Waals surface area contributed by atoms with Crippen LogP contribution < -0.4 is 22.2 Å². The lowest BCUT2D eigenvalue weighted by molar-refractivity contribution is 0.195. The van der Waals surface area contributed by atoms with Crippen molar-refractivity contribution >= 4 is 21.5 Å². The lowest BCUT2D eigenvalue weighted by atomic mass is 9.74. The smallest absolute Gasteiger partial charge is 0.261 e. The molecule has 31 heavy (non-hydrogen) atoms. The summed E-state index contributed by atoms with van der Waals surface area (Å²) in [4.78, 5) is 50.8. The fraction of sp³-hybridized carbons (Fsp3) is 0.600. The summed E-state index contributed by atoms with van der Waals surface area (Å²) in [6, 6.07) is 2.81. The molecular formula is C25H30N2O4. The minimum Gasteiger partial charge on any atom is -0.277 e. The molecule has 0 unspecified atom stereocenters. The molecule has 0 bridgehead atoms. The van der Waals surface area contributed by atoms with Crippen LogP contribution in [0.4, 0.5) is 0 Å². The van der Waals surface area contributed by atoms with Gasteiger partial charge in [0.05, 0.1) is 21.5 Å². The van der Waals surface area contributed by atoms with E-state index in [-0.39, 0.29) is 38.7 Å². The Bertz CT molecular complexity index is 1260. The molecule has 164 valence electrons. The van der Waals surface area contributed by atoms with Crippen LogP contribution in [0.3, 0.4) is 0 Å². The lowest BCUT2D eigenvalue weighted by Crippen LogP contribution is -2.33. The van der Waals surface area contributed by atoms with E-state index in [9.17, 15) is 19.2 Å². The first-order valence-electron chi connectivity index (χ1n) is 11.7. The monoisotopic (exact) mass is 422 g/mol. The maximum Gasteiger partial charge on any atom is 0.261 e. The van der Waals surface area contributed by atoms with Crippen molar-refractivity contribution in [2.75, 3.05) is 0 Å². The van der Waals surface area contributed by atoms with E-state index in [1.54, 1.807) is 0 Å². The second-order valence-corrected chi connectivity index (χ2v) is 10.1. The van der Waals surface area contributed by atoms with Crippen LogP contribution in [-0.4, -0.2) is 9.13 Å². The molecule has 0 N–H and O–H groups in total. The molecule has 6 heteroatoms. The molecule has 1 aromatic carbocycles. The zero-order valence-corrected chi connectivity index (χ0v) is 18.4. The quantitative estimate of drug-likeness (QED) is 0.648. The third-order valence-electron chi connectivity index (χ3n) is 8.11. The first-order valence-corrected chi connectivity index (χ1v) is 11.7. The topological polar surface area (TPSA) is 78.1 Å². The number of fused-ring (bicyclic) bond motifs is 2. The lowest BCUT2D eigenvalue weighted by Gasteiger charge is -2.33. The molecule has 0 saturated heterocycles. The number of nitrogens with zero attached hydrogens (tertiary/aromatic N) is 2. The van der Waals surface area contributed by atoms with Crippen molar-refractivity contribution < 1.29 is 0 Å². The third-order valence-corrected chi connectivity index (χ3v) is 8.11. The summed E-state index contributed by atoms with van der Waals surface area (Å²) in [6.45, 7) is 2.35. The maximum atomic E-state index is 13.1. The van der Waals surface area contributed by atoms with E-state index >= 15 is 0 Å². The average Bonchev–Trinajstić information content (AvgIpc) is 3.14. The molecule has 2 heterocycles. The Hall–Kier alpha value is -2.50. The van der Waals surface area contributed by atoms with Gasteiger partial charge in [0.25, 0.3) is 22.2 Å². The second kappa shape index (κ2) is 7.57. The summed E-state index contributed by atoms with van der Waals surface area (Å²) in [5, 5.41) is 0.969. The van der Waals surface area contributed by atoms with Crippen LogP contribution in [0.2, 0.25) is 0 Å². The zero-order valence-electron chi connectivity index (χ0n) is 18.4. The Morgan fingerprint density at radius 3 is 1.58 bits per heavy atom. The van der Waals surface area contributed by atoms with Crippen molar-refractivity contribution in [3.05, 3.63) is 53.5 Å². The highest BCUT2D eigenvalue weighted by atomic mass is 16.2. The molecule has 6 nitrogen and oxygen atoms in total. The molecule has 0 amide bonds. The zero-order chi connectivity index (χ0) is 21.9. The highest BCUT2D eigenvalue weighted by Gasteiger charge is 2.29. The predicted molar refractivity (Wildman–Crippen MR) is 123 cm³/mol. The Morgan fingerprint density at radius 2 is 1.10 bits per heavy atom. The van der Waals surface area contributed by atoms with Gasteiger partial charge in [0.1, 0.15) is 0 Å². The van der Waals surface area contributed by atoms with Crippen molar-refractivity contribution in [2.24, 2.45) is 24.8 Å². The summed E-state index contributed by atoms with van der Waals surface area (Å²) >= 11 is 0. The van der Waals surface area contributed by atoms with Gasteiger partial charge >= 0.3 is 0 Å². The van der Waals surface area contributed by atoms with Gasteiger partial charge in [0, 0.05) is 13.1 Å². The summed E-state index contributed by atoms with van der Waals surface area (Å²) in [5.74, 6) is 2.40. The first kappa shape index (κ1) is 20.4. The fourth-order valence-corrected chi connectivity index (χ4v) is 6.12. The maximum absolute atomic E-state index is 13.1. The fourth-order valence-electron chi connectivity index (χ4n) is 6.12. The third kappa shape index (κ3) is 3.31. The molecule has 2 aromatic heterocycles. The van der Waals surface area contributed by atoms with E-state index in [4.69, 9.17) is 0 Å². The molecular weight excluding hydrogens is 392 g/mol. The van der Waals surface area contributed by atoms with Gasteiger partial charge in [-0.2, -0.15) is 0 Å². The normalized spacial score (nSPS) is 27.3. The van der Waals surface area contributed by atoms with E-state index in [2.05, 4.69) is 6.92 Å².